The summed E-state index contributed by atoms with van der Waals surface area (Å²) in [6.45, 7) is -0.312. The molecule has 2 saturated carbocycles. The quantitative estimate of drug-likeness (QED) is 0.698. The predicted octanol–water partition coefficient (Wildman–Crippen LogP) is 3.85. The van der Waals surface area contributed by atoms with Crippen molar-refractivity contribution in [2.75, 3.05) is 18.0 Å². The average Bonchev–Trinajstić information content (AvgIpc) is 3.36. The number of sulfonamides is 1. The molecule has 0 radical (unpaired) electrons. The van der Waals surface area contributed by atoms with E-state index in [1.54, 1.807) is 30.3 Å². The van der Waals surface area contributed by atoms with Crippen LogP contribution < -0.4 is 14.4 Å². The Balaban J connectivity index is 1.61. The molecule has 3 atom stereocenters. The van der Waals surface area contributed by atoms with Gasteiger partial charge in [0.25, 0.3) is 10.0 Å². The van der Waals surface area contributed by atoms with E-state index in [1.165, 1.54) is 31.7 Å². The molecule has 160 valence electrons. The Kier molecular flexibility index (Phi) is 5.93. The zero-order valence-corrected chi connectivity index (χ0v) is 18.3. The van der Waals surface area contributed by atoms with Crippen molar-refractivity contribution in [3.05, 3.63) is 53.6 Å². The molecule has 1 N–H and O–H groups in total. The Bertz CT molecular complexity index is 1030. The first-order valence-electron chi connectivity index (χ1n) is 10.1. The number of hydrogen-bond donors (Lipinski definition) is 1. The summed E-state index contributed by atoms with van der Waals surface area (Å²) in [6, 6.07) is 12.9. The molecule has 4 rings (SSSR count). The van der Waals surface area contributed by atoms with Crippen molar-refractivity contribution >= 4 is 33.2 Å². The monoisotopic (exact) mass is 448 g/mol. The first-order chi connectivity index (χ1) is 14.4. The summed E-state index contributed by atoms with van der Waals surface area (Å²) in [5, 5.41) is 3.34. The lowest BCUT2D eigenvalue weighted by molar-refractivity contribution is -0.120. The number of fused-ring (bicyclic) bond motifs is 2. The minimum Gasteiger partial charge on any atom is -0.495 e. The van der Waals surface area contributed by atoms with Crippen LogP contribution in [0.2, 0.25) is 5.02 Å². The topological polar surface area (TPSA) is 75.7 Å². The Morgan fingerprint density at radius 2 is 1.93 bits per heavy atom. The Morgan fingerprint density at radius 1 is 1.17 bits per heavy atom. The molecular weight excluding hydrogens is 424 g/mol. The van der Waals surface area contributed by atoms with E-state index in [4.69, 9.17) is 16.3 Å². The zero-order valence-electron chi connectivity index (χ0n) is 16.8. The van der Waals surface area contributed by atoms with Crippen molar-refractivity contribution in [2.24, 2.45) is 11.8 Å². The minimum atomic E-state index is -3.96. The van der Waals surface area contributed by atoms with Crippen molar-refractivity contribution in [2.45, 2.75) is 36.6 Å². The highest BCUT2D eigenvalue weighted by Crippen LogP contribution is 2.44. The van der Waals surface area contributed by atoms with Crippen LogP contribution in [0, 0.1) is 11.8 Å². The molecule has 0 aromatic heterocycles. The van der Waals surface area contributed by atoms with Gasteiger partial charge in [0.2, 0.25) is 5.91 Å². The highest BCUT2D eigenvalue weighted by atomic mass is 35.5. The van der Waals surface area contributed by atoms with Crippen molar-refractivity contribution in [1.82, 2.24) is 5.32 Å². The number of carbonyl (C=O) groups is 1. The van der Waals surface area contributed by atoms with E-state index < -0.39 is 10.0 Å². The van der Waals surface area contributed by atoms with Gasteiger partial charge in [-0.05, 0) is 61.4 Å². The maximum absolute atomic E-state index is 13.4. The molecule has 2 aromatic rings. The van der Waals surface area contributed by atoms with Crippen LogP contribution in [0.3, 0.4) is 0 Å². The lowest BCUT2D eigenvalue weighted by Crippen LogP contribution is -2.46. The molecule has 2 bridgehead atoms. The number of hydrogen-bond acceptors (Lipinski definition) is 4. The van der Waals surface area contributed by atoms with Gasteiger partial charge in [-0.15, -0.1) is 0 Å². The van der Waals surface area contributed by atoms with Gasteiger partial charge >= 0.3 is 0 Å². The summed E-state index contributed by atoms with van der Waals surface area (Å²) < 4.78 is 33.0. The summed E-state index contributed by atoms with van der Waals surface area (Å²) >= 11 is 6.24. The van der Waals surface area contributed by atoms with E-state index in [0.29, 0.717) is 23.3 Å². The second-order valence-corrected chi connectivity index (χ2v) is 10.3. The summed E-state index contributed by atoms with van der Waals surface area (Å²) in [5.41, 5.74) is 0.313. The predicted molar refractivity (Wildman–Crippen MR) is 116 cm³/mol. The third-order valence-electron chi connectivity index (χ3n) is 6.13. The first-order valence-corrected chi connectivity index (χ1v) is 11.9. The molecule has 2 fully saturated rings. The molecule has 6 nitrogen and oxygen atoms in total. The number of ether oxygens (including phenoxy) is 1. The van der Waals surface area contributed by atoms with Gasteiger partial charge in [0, 0.05) is 6.04 Å². The van der Waals surface area contributed by atoms with Crippen molar-refractivity contribution in [3.8, 4) is 5.75 Å². The number of methoxy groups -OCH3 is 1. The van der Waals surface area contributed by atoms with E-state index in [1.807, 2.05) is 0 Å². The highest BCUT2D eigenvalue weighted by Gasteiger charge is 2.40. The van der Waals surface area contributed by atoms with Gasteiger partial charge in [-0.25, -0.2) is 8.42 Å². The van der Waals surface area contributed by atoms with Crippen LogP contribution in [-0.4, -0.2) is 34.0 Å². The fourth-order valence-corrected chi connectivity index (χ4v) is 6.34. The lowest BCUT2D eigenvalue weighted by Gasteiger charge is -2.27. The fraction of sp³-hybridized carbons (Fsp3) is 0.409. The molecule has 2 aliphatic carbocycles. The van der Waals surface area contributed by atoms with Gasteiger partial charge in [-0.1, -0.05) is 36.2 Å². The molecule has 8 heteroatoms. The van der Waals surface area contributed by atoms with Crippen molar-refractivity contribution in [1.29, 1.82) is 0 Å². The van der Waals surface area contributed by atoms with E-state index in [9.17, 15) is 13.2 Å². The van der Waals surface area contributed by atoms with Crippen molar-refractivity contribution in [3.63, 3.8) is 0 Å². The van der Waals surface area contributed by atoms with E-state index in [0.717, 1.165) is 23.6 Å². The summed E-state index contributed by atoms with van der Waals surface area (Å²) in [6.07, 6.45) is 4.51. The molecule has 0 aliphatic heterocycles. The third kappa shape index (κ3) is 4.14. The summed E-state index contributed by atoms with van der Waals surface area (Å²) in [5.74, 6) is 1.32. The van der Waals surface area contributed by atoms with Crippen LogP contribution >= 0.6 is 11.6 Å². The van der Waals surface area contributed by atoms with Crippen LogP contribution in [0.5, 0.6) is 5.75 Å². The van der Waals surface area contributed by atoms with Crippen LogP contribution in [0.15, 0.2) is 53.4 Å². The van der Waals surface area contributed by atoms with Crippen LogP contribution in [0.4, 0.5) is 5.69 Å². The van der Waals surface area contributed by atoms with Gasteiger partial charge in [-0.3, -0.25) is 9.10 Å². The van der Waals surface area contributed by atoms with Gasteiger partial charge in [0.15, 0.2) is 0 Å². The number of anilines is 1. The number of nitrogens with zero attached hydrogens (tertiary/aromatic N) is 1. The number of carbonyl (C=O) groups excluding carboxylic acids is 1. The second-order valence-electron chi connectivity index (χ2n) is 7.99. The van der Waals surface area contributed by atoms with Gasteiger partial charge in [-0.2, -0.15) is 0 Å². The molecule has 1 amide bonds. The summed E-state index contributed by atoms with van der Waals surface area (Å²) in [7, 11) is -2.47. The molecule has 2 aliphatic rings. The smallest absolute Gasteiger partial charge is 0.264 e. The zero-order chi connectivity index (χ0) is 21.3. The van der Waals surface area contributed by atoms with Crippen molar-refractivity contribution < 1.29 is 17.9 Å². The fourth-order valence-electron chi connectivity index (χ4n) is 4.65. The van der Waals surface area contributed by atoms with Crippen LogP contribution in [0.1, 0.15) is 25.7 Å². The van der Waals surface area contributed by atoms with Gasteiger partial charge in [0.05, 0.1) is 22.7 Å². The molecule has 30 heavy (non-hydrogen) atoms. The lowest BCUT2D eigenvalue weighted by atomic mass is 9.95. The third-order valence-corrected chi connectivity index (χ3v) is 8.21. The van der Waals surface area contributed by atoms with E-state index in [2.05, 4.69) is 5.32 Å². The summed E-state index contributed by atoms with van der Waals surface area (Å²) in [4.78, 5) is 13.0. The molecule has 0 spiro atoms. The number of rotatable bonds is 7. The molecular formula is C22H25ClN2O4S. The van der Waals surface area contributed by atoms with Gasteiger partial charge < -0.3 is 10.1 Å². The Morgan fingerprint density at radius 3 is 2.53 bits per heavy atom. The minimum absolute atomic E-state index is 0.115. The molecule has 0 unspecified atom stereocenters. The second kappa shape index (κ2) is 8.47. The SMILES string of the molecule is COc1ccc(N(CC(=O)N[C@H]2C[C@@H]3CC[C@@H]2C3)S(=O)(=O)c2ccccc2)cc1Cl. The average molecular weight is 449 g/mol. The molecule has 2 aromatic carbocycles. The number of nitrogens with one attached hydrogen (secondary N) is 1. The molecule has 0 heterocycles. The van der Waals surface area contributed by atoms with E-state index >= 15 is 0 Å². The van der Waals surface area contributed by atoms with Crippen LogP contribution in [0.25, 0.3) is 0 Å². The largest absolute Gasteiger partial charge is 0.495 e. The normalized spacial score (nSPS) is 22.7. The highest BCUT2D eigenvalue weighted by molar-refractivity contribution is 7.92. The number of halogens is 1. The molecule has 0 saturated heterocycles. The Hall–Kier alpha value is -2.25. The van der Waals surface area contributed by atoms with E-state index in [-0.39, 0.29) is 28.4 Å². The van der Waals surface area contributed by atoms with Crippen LogP contribution in [-0.2, 0) is 14.8 Å². The first kappa shape index (κ1) is 21.0. The Labute approximate surface area is 182 Å². The van der Waals surface area contributed by atoms with Gasteiger partial charge in [0.1, 0.15) is 12.3 Å². The number of amides is 1. The maximum Gasteiger partial charge on any atom is 0.264 e. The standard InChI is InChI=1S/C22H25ClN2O4S/c1-29-21-10-9-17(13-19(21)23)25(30(27,28)18-5-3-2-4-6-18)14-22(26)24-20-12-15-7-8-16(20)11-15/h2-6,9-10,13,15-16,20H,7-8,11-12,14H2,1H3,(H,24,26)/t15-,16-,20+/m1/s1. The maximum atomic E-state index is 13.4. The number of benzene rings is 2.